The van der Waals surface area contributed by atoms with Gasteiger partial charge in [-0.25, -0.2) is 9.59 Å². The lowest BCUT2D eigenvalue weighted by Gasteiger charge is -2.10. The Morgan fingerprint density at radius 2 is 2.00 bits per heavy atom. The fourth-order valence-electron chi connectivity index (χ4n) is 2.72. The van der Waals surface area contributed by atoms with E-state index in [-0.39, 0.29) is 17.3 Å². The molecule has 0 aromatic heterocycles. The monoisotopic (exact) mass is 316 g/mol. The molecule has 0 spiro atoms. The van der Waals surface area contributed by atoms with Gasteiger partial charge < -0.3 is 14.2 Å². The standard InChI is InChI=1S/C16H12O5S/c1-8-6-12(20-14(8)17)19-7-10-13-9-4-2-3-5-11(9)22-16(13)21-15(10)18/h2-7,12-13,16H,1H3/b10-7+. The summed E-state index contributed by atoms with van der Waals surface area (Å²) in [5.41, 5.74) is 1.77. The molecular weight excluding hydrogens is 304 g/mol. The molecule has 3 heterocycles. The van der Waals surface area contributed by atoms with Crippen molar-refractivity contribution in [2.45, 2.75) is 29.5 Å². The van der Waals surface area contributed by atoms with Crippen LogP contribution < -0.4 is 0 Å². The second-order valence-corrected chi connectivity index (χ2v) is 6.38. The Balaban J connectivity index is 1.60. The topological polar surface area (TPSA) is 61.8 Å². The van der Waals surface area contributed by atoms with Gasteiger partial charge in [0.1, 0.15) is 0 Å². The van der Waals surface area contributed by atoms with E-state index in [1.54, 1.807) is 13.0 Å². The molecule has 3 aliphatic rings. The van der Waals surface area contributed by atoms with E-state index in [1.807, 2.05) is 24.3 Å². The number of fused-ring (bicyclic) bond motifs is 3. The highest BCUT2D eigenvalue weighted by Gasteiger charge is 2.47. The lowest BCUT2D eigenvalue weighted by molar-refractivity contribution is -0.152. The maximum absolute atomic E-state index is 12.0. The van der Waals surface area contributed by atoms with Crippen molar-refractivity contribution in [3.63, 3.8) is 0 Å². The maximum Gasteiger partial charge on any atom is 0.339 e. The second kappa shape index (κ2) is 4.91. The fourth-order valence-corrected chi connectivity index (χ4v) is 4.03. The highest BCUT2D eigenvalue weighted by Crippen LogP contribution is 2.53. The number of cyclic esters (lactones) is 1. The molecule has 112 valence electrons. The molecule has 0 bridgehead atoms. The Hall–Kier alpha value is -2.21. The molecule has 1 fully saturated rings. The number of benzene rings is 1. The zero-order chi connectivity index (χ0) is 15.3. The van der Waals surface area contributed by atoms with Gasteiger partial charge in [-0.1, -0.05) is 30.0 Å². The third-order valence-corrected chi connectivity index (χ3v) is 5.05. The molecule has 6 heteroatoms. The van der Waals surface area contributed by atoms with Crippen molar-refractivity contribution < 1.29 is 23.8 Å². The van der Waals surface area contributed by atoms with E-state index in [4.69, 9.17) is 14.2 Å². The Morgan fingerprint density at radius 1 is 1.18 bits per heavy atom. The number of hydrogen-bond acceptors (Lipinski definition) is 6. The number of carbonyl (C=O) groups is 2. The van der Waals surface area contributed by atoms with Crippen LogP contribution >= 0.6 is 11.8 Å². The van der Waals surface area contributed by atoms with Crippen molar-refractivity contribution in [2.75, 3.05) is 0 Å². The van der Waals surface area contributed by atoms with Crippen LogP contribution in [0.3, 0.4) is 0 Å². The zero-order valence-corrected chi connectivity index (χ0v) is 12.5. The first-order chi connectivity index (χ1) is 10.6. The zero-order valence-electron chi connectivity index (χ0n) is 11.6. The molecule has 0 N–H and O–H groups in total. The molecule has 0 radical (unpaired) electrons. The number of carbonyl (C=O) groups excluding carboxylic acids is 2. The van der Waals surface area contributed by atoms with Crippen molar-refractivity contribution in [2.24, 2.45) is 0 Å². The number of ether oxygens (including phenoxy) is 3. The normalized spacial score (nSPS) is 30.7. The van der Waals surface area contributed by atoms with E-state index in [0.717, 1.165) is 10.5 Å². The average molecular weight is 316 g/mol. The average Bonchev–Trinajstić information content (AvgIpc) is 3.09. The lowest BCUT2D eigenvalue weighted by Crippen LogP contribution is -2.11. The molecule has 3 atom stereocenters. The van der Waals surface area contributed by atoms with Gasteiger partial charge in [0.05, 0.1) is 17.8 Å². The maximum atomic E-state index is 12.0. The molecule has 0 amide bonds. The van der Waals surface area contributed by atoms with Crippen LogP contribution in [-0.2, 0) is 23.8 Å². The first kappa shape index (κ1) is 13.5. The third-order valence-electron chi connectivity index (χ3n) is 3.82. The van der Waals surface area contributed by atoms with Crippen LogP contribution in [0.25, 0.3) is 0 Å². The predicted molar refractivity (Wildman–Crippen MR) is 77.7 cm³/mol. The molecular formula is C16H12O5S. The minimum Gasteiger partial charge on any atom is -0.458 e. The SMILES string of the molecule is CC1=CC(O/C=C2/C(=O)OC3Sc4ccccc4C23)OC1=O. The molecule has 4 rings (SSSR count). The Morgan fingerprint density at radius 3 is 2.77 bits per heavy atom. The van der Waals surface area contributed by atoms with Gasteiger partial charge in [-0.15, -0.1) is 0 Å². The summed E-state index contributed by atoms with van der Waals surface area (Å²) < 4.78 is 15.8. The molecule has 1 aromatic rings. The van der Waals surface area contributed by atoms with E-state index in [1.165, 1.54) is 18.0 Å². The molecule has 0 aliphatic carbocycles. The van der Waals surface area contributed by atoms with Gasteiger partial charge in [-0.2, -0.15) is 0 Å². The van der Waals surface area contributed by atoms with Gasteiger partial charge in [0.15, 0.2) is 5.44 Å². The van der Waals surface area contributed by atoms with Crippen molar-refractivity contribution in [1.29, 1.82) is 0 Å². The summed E-state index contributed by atoms with van der Waals surface area (Å²) in [4.78, 5) is 24.4. The molecule has 3 unspecified atom stereocenters. The highest BCUT2D eigenvalue weighted by molar-refractivity contribution is 8.00. The van der Waals surface area contributed by atoms with E-state index in [9.17, 15) is 9.59 Å². The smallest absolute Gasteiger partial charge is 0.339 e. The van der Waals surface area contributed by atoms with E-state index in [0.29, 0.717) is 11.1 Å². The minimum absolute atomic E-state index is 0.143. The Bertz CT molecular complexity index is 736. The van der Waals surface area contributed by atoms with Gasteiger partial charge in [0.2, 0.25) is 0 Å². The van der Waals surface area contributed by atoms with E-state index >= 15 is 0 Å². The van der Waals surface area contributed by atoms with Gasteiger partial charge in [0.25, 0.3) is 6.29 Å². The summed E-state index contributed by atoms with van der Waals surface area (Å²) in [6, 6.07) is 7.89. The van der Waals surface area contributed by atoms with E-state index in [2.05, 4.69) is 0 Å². The Kier molecular flexibility index (Phi) is 3.00. The predicted octanol–water partition coefficient (Wildman–Crippen LogP) is 2.49. The van der Waals surface area contributed by atoms with Crippen LogP contribution in [-0.4, -0.2) is 23.7 Å². The molecule has 1 aromatic carbocycles. The summed E-state index contributed by atoms with van der Waals surface area (Å²) in [6.45, 7) is 1.66. The number of thioether (sulfide) groups is 1. The van der Waals surface area contributed by atoms with Gasteiger partial charge in [-0.05, 0) is 18.6 Å². The minimum atomic E-state index is -0.781. The van der Waals surface area contributed by atoms with Crippen LogP contribution in [0.2, 0.25) is 0 Å². The third kappa shape index (κ3) is 2.02. The van der Waals surface area contributed by atoms with Crippen molar-refractivity contribution in [3.8, 4) is 0 Å². The van der Waals surface area contributed by atoms with Gasteiger partial charge in [-0.3, -0.25) is 0 Å². The Labute approximate surface area is 130 Å². The largest absolute Gasteiger partial charge is 0.458 e. The van der Waals surface area contributed by atoms with Crippen LogP contribution in [0.1, 0.15) is 18.4 Å². The van der Waals surface area contributed by atoms with Crippen molar-refractivity contribution in [3.05, 3.63) is 53.3 Å². The number of esters is 2. The fraction of sp³-hybridized carbons (Fsp3) is 0.250. The van der Waals surface area contributed by atoms with Gasteiger partial charge >= 0.3 is 11.9 Å². The highest BCUT2D eigenvalue weighted by atomic mass is 32.2. The molecule has 3 aliphatic heterocycles. The van der Waals surface area contributed by atoms with Gasteiger partial charge in [0, 0.05) is 16.5 Å². The van der Waals surface area contributed by atoms with Crippen molar-refractivity contribution in [1.82, 2.24) is 0 Å². The second-order valence-electron chi connectivity index (χ2n) is 5.24. The molecule has 1 saturated heterocycles. The lowest BCUT2D eigenvalue weighted by atomic mass is 9.94. The molecule has 0 saturated carbocycles. The van der Waals surface area contributed by atoms with Crippen LogP contribution in [0.4, 0.5) is 0 Å². The number of hydrogen-bond donors (Lipinski definition) is 0. The summed E-state index contributed by atoms with van der Waals surface area (Å²) >= 11 is 1.54. The quantitative estimate of drug-likeness (QED) is 0.474. The summed E-state index contributed by atoms with van der Waals surface area (Å²) in [5, 5.41) is 0. The molecule has 5 nitrogen and oxygen atoms in total. The van der Waals surface area contributed by atoms with Crippen LogP contribution in [0.15, 0.2) is 52.6 Å². The van der Waals surface area contributed by atoms with Crippen molar-refractivity contribution >= 4 is 23.7 Å². The summed E-state index contributed by atoms with van der Waals surface area (Å²) in [5.74, 6) is -0.935. The first-order valence-electron chi connectivity index (χ1n) is 6.85. The van der Waals surface area contributed by atoms with E-state index < -0.39 is 12.3 Å². The summed E-state index contributed by atoms with van der Waals surface area (Å²) in [6.07, 6.45) is 2.16. The number of rotatable bonds is 2. The first-order valence-corrected chi connectivity index (χ1v) is 7.73. The van der Waals surface area contributed by atoms with Crippen LogP contribution in [0.5, 0.6) is 0 Å². The summed E-state index contributed by atoms with van der Waals surface area (Å²) in [7, 11) is 0. The molecule has 22 heavy (non-hydrogen) atoms. The van der Waals surface area contributed by atoms with Crippen LogP contribution in [0, 0.1) is 0 Å².